The molecule has 0 saturated carbocycles. The van der Waals surface area contributed by atoms with Crippen molar-refractivity contribution in [2.45, 2.75) is 69.6 Å². The van der Waals surface area contributed by atoms with Crippen LogP contribution in [0.5, 0.6) is 5.75 Å². The predicted octanol–water partition coefficient (Wildman–Crippen LogP) is 6.66. The van der Waals surface area contributed by atoms with Gasteiger partial charge in [-0.25, -0.2) is 4.98 Å². The summed E-state index contributed by atoms with van der Waals surface area (Å²) in [4.78, 5) is 9.70. The lowest BCUT2D eigenvalue weighted by Gasteiger charge is -2.26. The molecule has 1 unspecified atom stereocenters. The minimum atomic E-state index is -2.52. The summed E-state index contributed by atoms with van der Waals surface area (Å²) < 4.78 is 19.6. The number of halogens is 1. The van der Waals surface area contributed by atoms with Crippen molar-refractivity contribution in [1.29, 1.82) is 0 Å². The van der Waals surface area contributed by atoms with E-state index in [0.29, 0.717) is 33.3 Å². The first-order valence-electron chi connectivity index (χ1n) is 13.1. The molecule has 0 spiro atoms. The first-order chi connectivity index (χ1) is 18.1. The molecule has 0 bridgehead atoms. The number of piperidine rings is 1. The zero-order valence-electron chi connectivity index (χ0n) is 22.8. The highest BCUT2D eigenvalue weighted by Crippen LogP contribution is 2.37. The smallest absolute Gasteiger partial charge is 0.229 e. The van der Waals surface area contributed by atoms with E-state index in [9.17, 15) is 4.21 Å². The number of hydrogen-bond acceptors (Lipinski definition) is 7. The molecule has 0 amide bonds. The molecule has 1 aliphatic heterocycles. The Hall–Kier alpha value is -2.81. The molecule has 204 valence electrons. The predicted molar refractivity (Wildman–Crippen MR) is 161 cm³/mol. The Kier molecular flexibility index (Phi) is 8.85. The van der Waals surface area contributed by atoms with Crippen molar-refractivity contribution in [2.24, 2.45) is 0 Å². The van der Waals surface area contributed by atoms with Gasteiger partial charge in [0.05, 0.1) is 28.6 Å². The SMILES string of the molecule is C=S(=O)(c1ccccc1Nc1nc(Nc2cc(C)c(C3CCNCC3)cc2OC(C)C)ncc1Cl)C(C)C. The van der Waals surface area contributed by atoms with Crippen LogP contribution in [0, 0.1) is 6.92 Å². The lowest BCUT2D eigenvalue weighted by molar-refractivity contribution is 0.243. The number of benzene rings is 2. The molecule has 38 heavy (non-hydrogen) atoms. The van der Waals surface area contributed by atoms with E-state index in [1.165, 1.54) is 11.1 Å². The molecule has 4 rings (SSSR count). The van der Waals surface area contributed by atoms with Crippen LogP contribution in [0.2, 0.25) is 5.02 Å². The van der Waals surface area contributed by atoms with E-state index in [0.717, 1.165) is 37.4 Å². The van der Waals surface area contributed by atoms with Crippen LogP contribution in [0.15, 0.2) is 47.5 Å². The number of anilines is 4. The highest BCUT2D eigenvalue weighted by atomic mass is 35.5. The lowest BCUT2D eigenvalue weighted by Crippen LogP contribution is -2.27. The van der Waals surface area contributed by atoms with Crippen LogP contribution in [-0.2, 0) is 9.52 Å². The molecule has 2 heterocycles. The van der Waals surface area contributed by atoms with Crippen LogP contribution in [0.4, 0.5) is 23.1 Å². The second kappa shape index (κ2) is 11.9. The second-order valence-electron chi connectivity index (χ2n) is 10.3. The van der Waals surface area contributed by atoms with Crippen LogP contribution in [0.25, 0.3) is 0 Å². The number of aryl methyl sites for hydroxylation is 1. The van der Waals surface area contributed by atoms with Gasteiger partial charge < -0.3 is 20.7 Å². The standard InChI is InChI=1S/C29H38ClN5O2S/c1-18(2)37-26-16-22(21-11-13-31-14-12-21)20(5)15-25(26)34-29-32-17-23(30)28(35-29)33-24-9-7-8-10-27(24)38(6,36)19(3)4/h7-10,15-19,21,31H,6,11-14H2,1-5H3,(H2,32,33,34,35). The van der Waals surface area contributed by atoms with Crippen LogP contribution >= 0.6 is 11.6 Å². The number of nitrogens with zero attached hydrogens (tertiary/aromatic N) is 2. The third-order valence-corrected chi connectivity index (χ3v) is 9.67. The van der Waals surface area contributed by atoms with Crippen LogP contribution in [0.1, 0.15) is 57.6 Å². The maximum atomic E-state index is 13.3. The molecule has 1 atom stereocenters. The fourth-order valence-electron chi connectivity index (χ4n) is 4.61. The molecular weight excluding hydrogens is 518 g/mol. The first-order valence-corrected chi connectivity index (χ1v) is 15.3. The average molecular weight is 556 g/mol. The lowest BCUT2D eigenvalue weighted by atomic mass is 9.87. The molecule has 7 nitrogen and oxygen atoms in total. The van der Waals surface area contributed by atoms with E-state index >= 15 is 0 Å². The summed E-state index contributed by atoms with van der Waals surface area (Å²) in [7, 11) is -2.52. The number of rotatable bonds is 9. The van der Waals surface area contributed by atoms with Crippen molar-refractivity contribution in [3.05, 3.63) is 58.7 Å². The molecule has 0 radical (unpaired) electrons. The quantitative estimate of drug-likeness (QED) is 0.254. The maximum absolute atomic E-state index is 13.3. The molecule has 3 aromatic rings. The Morgan fingerprint density at radius 1 is 1.11 bits per heavy atom. The Morgan fingerprint density at radius 3 is 2.50 bits per heavy atom. The maximum Gasteiger partial charge on any atom is 0.229 e. The van der Waals surface area contributed by atoms with Gasteiger partial charge in [0.25, 0.3) is 0 Å². The number of aromatic nitrogens is 2. The van der Waals surface area contributed by atoms with Crippen molar-refractivity contribution >= 4 is 50.1 Å². The Labute approximate surface area is 231 Å². The van der Waals surface area contributed by atoms with E-state index in [-0.39, 0.29) is 11.4 Å². The number of hydrogen-bond donors (Lipinski definition) is 3. The molecular formula is C29H38ClN5O2S. The minimum Gasteiger partial charge on any atom is -0.489 e. The van der Waals surface area contributed by atoms with Crippen molar-refractivity contribution in [2.75, 3.05) is 23.7 Å². The Morgan fingerprint density at radius 2 is 1.82 bits per heavy atom. The van der Waals surface area contributed by atoms with E-state index in [1.807, 2.05) is 52.0 Å². The van der Waals surface area contributed by atoms with Gasteiger partial charge in [0.15, 0.2) is 5.82 Å². The first kappa shape index (κ1) is 28.2. The molecule has 3 N–H and O–H groups in total. The summed E-state index contributed by atoms with van der Waals surface area (Å²) in [5.41, 5.74) is 3.98. The third kappa shape index (κ3) is 6.42. The Bertz CT molecular complexity index is 1390. The highest BCUT2D eigenvalue weighted by molar-refractivity contribution is 8.01. The number of para-hydroxylation sites is 1. The zero-order valence-corrected chi connectivity index (χ0v) is 24.4. The molecule has 1 aliphatic rings. The zero-order chi connectivity index (χ0) is 27.4. The molecule has 1 fully saturated rings. The van der Waals surface area contributed by atoms with E-state index < -0.39 is 9.52 Å². The van der Waals surface area contributed by atoms with Crippen molar-refractivity contribution in [1.82, 2.24) is 15.3 Å². The van der Waals surface area contributed by atoms with Crippen LogP contribution in [0.3, 0.4) is 0 Å². The van der Waals surface area contributed by atoms with Crippen molar-refractivity contribution in [3.63, 3.8) is 0 Å². The van der Waals surface area contributed by atoms with Crippen molar-refractivity contribution < 1.29 is 8.95 Å². The minimum absolute atomic E-state index is 0.0115. The Balaban J connectivity index is 1.66. The summed E-state index contributed by atoms with van der Waals surface area (Å²) in [6.45, 7) is 12.0. The van der Waals surface area contributed by atoms with Gasteiger partial charge in [0.2, 0.25) is 5.95 Å². The summed E-state index contributed by atoms with van der Waals surface area (Å²) in [5.74, 6) is 6.07. The monoisotopic (exact) mass is 555 g/mol. The van der Waals surface area contributed by atoms with Gasteiger partial charge in [-0.1, -0.05) is 37.6 Å². The largest absolute Gasteiger partial charge is 0.489 e. The molecule has 1 saturated heterocycles. The average Bonchev–Trinajstić information content (AvgIpc) is 2.88. The van der Waals surface area contributed by atoms with Gasteiger partial charge in [0.1, 0.15) is 10.8 Å². The van der Waals surface area contributed by atoms with Gasteiger partial charge in [-0.3, -0.25) is 4.21 Å². The summed E-state index contributed by atoms with van der Waals surface area (Å²) in [6.07, 6.45) is 3.78. The second-order valence-corrected chi connectivity index (χ2v) is 13.5. The summed E-state index contributed by atoms with van der Waals surface area (Å²) in [6, 6.07) is 11.7. The number of ether oxygens (including phenoxy) is 1. The van der Waals surface area contributed by atoms with Gasteiger partial charge in [-0.2, -0.15) is 4.98 Å². The number of nitrogens with one attached hydrogen (secondary N) is 3. The fraction of sp³-hybridized carbons (Fsp3) is 0.414. The molecule has 9 heteroatoms. The highest BCUT2D eigenvalue weighted by Gasteiger charge is 2.21. The van der Waals surface area contributed by atoms with Gasteiger partial charge in [0, 0.05) is 14.8 Å². The van der Waals surface area contributed by atoms with Gasteiger partial charge >= 0.3 is 0 Å². The van der Waals surface area contributed by atoms with Crippen LogP contribution in [-0.4, -0.2) is 44.5 Å². The normalized spacial score (nSPS) is 15.9. The van der Waals surface area contributed by atoms with Crippen molar-refractivity contribution in [3.8, 4) is 5.75 Å². The van der Waals surface area contributed by atoms with Gasteiger partial charge in [-0.15, -0.1) is 0 Å². The van der Waals surface area contributed by atoms with Crippen LogP contribution < -0.4 is 20.7 Å². The van der Waals surface area contributed by atoms with E-state index in [1.54, 1.807) is 6.20 Å². The third-order valence-electron chi connectivity index (χ3n) is 6.77. The molecule has 2 aromatic carbocycles. The van der Waals surface area contributed by atoms with E-state index in [2.05, 4.69) is 50.8 Å². The molecule has 1 aromatic heterocycles. The summed E-state index contributed by atoms with van der Waals surface area (Å²) >= 11 is 6.48. The molecule has 0 aliphatic carbocycles. The fourth-order valence-corrected chi connectivity index (χ4v) is 6.06. The van der Waals surface area contributed by atoms with E-state index in [4.69, 9.17) is 16.3 Å². The topological polar surface area (TPSA) is 88.2 Å². The van der Waals surface area contributed by atoms with Gasteiger partial charge in [-0.05, 0) is 93.9 Å². The summed E-state index contributed by atoms with van der Waals surface area (Å²) in [5, 5.41) is 10.3.